The smallest absolute Gasteiger partial charge is 0.271 e. The van der Waals surface area contributed by atoms with Crippen LogP contribution in [0.2, 0.25) is 0 Å². The van der Waals surface area contributed by atoms with Gasteiger partial charge in [-0.15, -0.1) is 0 Å². The van der Waals surface area contributed by atoms with Crippen molar-refractivity contribution in [3.63, 3.8) is 0 Å². The average Bonchev–Trinajstić information content (AvgIpc) is 2.57. The quantitative estimate of drug-likeness (QED) is 0.667. The molecule has 0 aliphatic carbocycles. The maximum absolute atomic E-state index is 12.2. The summed E-state index contributed by atoms with van der Waals surface area (Å²) < 4.78 is 5.26. The van der Waals surface area contributed by atoms with Gasteiger partial charge in [-0.05, 0) is 25.1 Å². The lowest BCUT2D eigenvalue weighted by molar-refractivity contribution is -0.384. The molecule has 128 valence electrons. The fourth-order valence-electron chi connectivity index (χ4n) is 2.42. The first-order valence-corrected chi connectivity index (χ1v) is 7.39. The molecular weight excluding hydrogens is 328 g/mol. The summed E-state index contributed by atoms with van der Waals surface area (Å²) in [5.41, 5.74) is 0.738. The Balaban J connectivity index is 1.82. The highest BCUT2D eigenvalue weighted by atomic mass is 16.6. The normalized spacial score (nSPS) is 13.0. The van der Waals surface area contributed by atoms with E-state index >= 15 is 0 Å². The first-order chi connectivity index (χ1) is 11.9. The summed E-state index contributed by atoms with van der Waals surface area (Å²) in [5, 5.41) is 13.5. The Bertz CT molecular complexity index is 867. The molecule has 0 saturated carbocycles. The van der Waals surface area contributed by atoms with Gasteiger partial charge in [0.1, 0.15) is 18.1 Å². The highest BCUT2D eigenvalue weighted by Crippen LogP contribution is 2.35. The van der Waals surface area contributed by atoms with Crippen LogP contribution in [0.5, 0.6) is 5.75 Å². The lowest BCUT2D eigenvalue weighted by Crippen LogP contribution is -2.43. The molecule has 0 saturated heterocycles. The third kappa shape index (κ3) is 3.55. The minimum absolute atomic E-state index is 0.192. The van der Waals surface area contributed by atoms with Crippen LogP contribution in [0.25, 0.3) is 0 Å². The molecule has 0 unspecified atom stereocenters. The van der Waals surface area contributed by atoms with E-state index in [0.717, 1.165) is 10.6 Å². The van der Waals surface area contributed by atoms with Crippen LogP contribution in [0.15, 0.2) is 36.4 Å². The molecule has 2 aromatic rings. The lowest BCUT2D eigenvalue weighted by atomic mass is 10.2. The molecule has 25 heavy (non-hydrogen) atoms. The third-order valence-electron chi connectivity index (χ3n) is 3.55. The second kappa shape index (κ2) is 6.56. The number of non-ortho nitro benzene ring substituents is 1. The maximum atomic E-state index is 12.2. The van der Waals surface area contributed by atoms with E-state index in [1.165, 1.54) is 18.2 Å². The Morgan fingerprint density at radius 1 is 1.40 bits per heavy atom. The van der Waals surface area contributed by atoms with Crippen molar-refractivity contribution >= 4 is 29.0 Å². The van der Waals surface area contributed by atoms with Crippen molar-refractivity contribution in [3.05, 3.63) is 52.2 Å². The summed E-state index contributed by atoms with van der Waals surface area (Å²) in [6.45, 7) is 1.25. The Morgan fingerprint density at radius 2 is 2.20 bits per heavy atom. The molecule has 1 aromatic carbocycles. The molecule has 1 aliphatic heterocycles. The third-order valence-corrected chi connectivity index (χ3v) is 3.55. The second-order valence-electron chi connectivity index (χ2n) is 5.39. The number of carbonyl (C=O) groups is 2. The number of rotatable bonds is 4. The molecule has 3 rings (SSSR count). The van der Waals surface area contributed by atoms with Gasteiger partial charge in [-0.25, -0.2) is 4.98 Å². The number of benzene rings is 1. The van der Waals surface area contributed by atoms with E-state index in [1.54, 1.807) is 25.1 Å². The van der Waals surface area contributed by atoms with E-state index in [9.17, 15) is 19.7 Å². The van der Waals surface area contributed by atoms with Gasteiger partial charge in [0.05, 0.1) is 10.6 Å². The fraction of sp³-hybridized carbons (Fsp3) is 0.188. The number of nitrogens with one attached hydrogen (secondary N) is 1. The molecule has 1 N–H and O–H groups in total. The van der Waals surface area contributed by atoms with Crippen molar-refractivity contribution in [3.8, 4) is 5.75 Å². The van der Waals surface area contributed by atoms with Gasteiger partial charge < -0.3 is 10.1 Å². The van der Waals surface area contributed by atoms with Gasteiger partial charge in [-0.3, -0.25) is 24.6 Å². The van der Waals surface area contributed by atoms with Gasteiger partial charge in [0.2, 0.25) is 5.91 Å². The van der Waals surface area contributed by atoms with Gasteiger partial charge in [0.25, 0.3) is 11.6 Å². The van der Waals surface area contributed by atoms with Crippen molar-refractivity contribution in [2.45, 2.75) is 6.92 Å². The molecule has 1 aliphatic rings. The van der Waals surface area contributed by atoms with Crippen LogP contribution < -0.4 is 15.0 Å². The fourth-order valence-corrected chi connectivity index (χ4v) is 2.42. The number of nitro groups is 1. The molecule has 0 spiro atoms. The van der Waals surface area contributed by atoms with E-state index in [-0.39, 0.29) is 24.5 Å². The number of anilines is 2. The van der Waals surface area contributed by atoms with Gasteiger partial charge in [-0.1, -0.05) is 6.07 Å². The zero-order valence-electron chi connectivity index (χ0n) is 13.3. The van der Waals surface area contributed by atoms with Crippen molar-refractivity contribution < 1.29 is 19.2 Å². The summed E-state index contributed by atoms with van der Waals surface area (Å²) in [4.78, 5) is 40.1. The SMILES string of the molecule is Cc1cccc(NC(=O)CN2C(=O)COc3ccc([N+](=O)[O-])cc32)n1. The Labute approximate surface area is 142 Å². The number of fused-ring (bicyclic) bond motifs is 1. The van der Waals surface area contributed by atoms with Gasteiger partial charge in [0, 0.05) is 17.8 Å². The zero-order chi connectivity index (χ0) is 18.0. The number of aryl methyl sites for hydroxylation is 1. The second-order valence-corrected chi connectivity index (χ2v) is 5.39. The standard InChI is InChI=1S/C16H14N4O5/c1-10-3-2-4-14(17-10)18-15(21)8-19-12-7-11(20(23)24)5-6-13(12)25-9-16(19)22/h2-7H,8-9H2,1H3,(H,17,18,21). The molecule has 0 bridgehead atoms. The van der Waals surface area contributed by atoms with Crippen molar-refractivity contribution in [2.24, 2.45) is 0 Å². The number of hydrogen-bond acceptors (Lipinski definition) is 6. The molecule has 2 amide bonds. The molecule has 0 atom stereocenters. The number of nitrogens with zero attached hydrogens (tertiary/aromatic N) is 3. The maximum Gasteiger partial charge on any atom is 0.271 e. The molecule has 9 nitrogen and oxygen atoms in total. The average molecular weight is 342 g/mol. The molecule has 1 aromatic heterocycles. The summed E-state index contributed by atoms with van der Waals surface area (Å²) >= 11 is 0. The summed E-state index contributed by atoms with van der Waals surface area (Å²) in [7, 11) is 0. The zero-order valence-corrected chi connectivity index (χ0v) is 13.3. The van der Waals surface area contributed by atoms with Crippen molar-refractivity contribution in [2.75, 3.05) is 23.4 Å². The van der Waals surface area contributed by atoms with Crippen LogP contribution in [0, 0.1) is 17.0 Å². The number of nitro benzene ring substituents is 1. The van der Waals surface area contributed by atoms with Crippen molar-refractivity contribution in [1.29, 1.82) is 0 Å². The van der Waals surface area contributed by atoms with Gasteiger partial charge in [-0.2, -0.15) is 0 Å². The molecule has 0 fully saturated rings. The molecular formula is C16H14N4O5. The van der Waals surface area contributed by atoms with Crippen LogP contribution in [-0.2, 0) is 9.59 Å². The number of aromatic nitrogens is 1. The topological polar surface area (TPSA) is 115 Å². The van der Waals surface area contributed by atoms with Crippen LogP contribution in [0.4, 0.5) is 17.2 Å². The van der Waals surface area contributed by atoms with E-state index in [2.05, 4.69) is 10.3 Å². The van der Waals surface area contributed by atoms with E-state index in [1.807, 2.05) is 0 Å². The van der Waals surface area contributed by atoms with E-state index < -0.39 is 16.7 Å². The Kier molecular flexibility index (Phi) is 4.29. The highest BCUT2D eigenvalue weighted by Gasteiger charge is 2.29. The summed E-state index contributed by atoms with van der Waals surface area (Å²) in [5.74, 6) is -0.247. The first-order valence-electron chi connectivity index (χ1n) is 7.39. The number of ether oxygens (including phenoxy) is 1. The number of pyridine rings is 1. The number of amides is 2. The van der Waals surface area contributed by atoms with Crippen molar-refractivity contribution in [1.82, 2.24) is 4.98 Å². The predicted octanol–water partition coefficient (Wildman–Crippen LogP) is 1.66. The summed E-state index contributed by atoms with van der Waals surface area (Å²) in [6, 6.07) is 9.07. The Hall–Kier alpha value is -3.49. The minimum Gasteiger partial charge on any atom is -0.482 e. The Morgan fingerprint density at radius 3 is 2.92 bits per heavy atom. The number of carbonyl (C=O) groups excluding carboxylic acids is 2. The molecule has 0 radical (unpaired) electrons. The van der Waals surface area contributed by atoms with Crippen LogP contribution >= 0.6 is 0 Å². The van der Waals surface area contributed by atoms with Gasteiger partial charge >= 0.3 is 0 Å². The van der Waals surface area contributed by atoms with Gasteiger partial charge in [0.15, 0.2) is 6.61 Å². The van der Waals surface area contributed by atoms with E-state index in [4.69, 9.17) is 4.74 Å². The number of hydrogen-bond donors (Lipinski definition) is 1. The monoisotopic (exact) mass is 342 g/mol. The first kappa shape index (κ1) is 16.4. The highest BCUT2D eigenvalue weighted by molar-refractivity contribution is 6.05. The molecule has 2 heterocycles. The van der Waals surface area contributed by atoms with E-state index in [0.29, 0.717) is 11.6 Å². The van der Waals surface area contributed by atoms with Crippen LogP contribution in [0.1, 0.15) is 5.69 Å². The van der Waals surface area contributed by atoms with Crippen LogP contribution in [-0.4, -0.2) is 34.9 Å². The minimum atomic E-state index is -0.575. The van der Waals surface area contributed by atoms with Crippen LogP contribution in [0.3, 0.4) is 0 Å². The summed E-state index contributed by atoms with van der Waals surface area (Å²) in [6.07, 6.45) is 0. The lowest BCUT2D eigenvalue weighted by Gasteiger charge is -2.28. The molecule has 9 heteroatoms. The predicted molar refractivity (Wildman–Crippen MR) is 88.5 cm³/mol. The largest absolute Gasteiger partial charge is 0.482 e.